The van der Waals surface area contributed by atoms with Crippen LogP contribution in [-0.4, -0.2) is 98.3 Å². The lowest BCUT2D eigenvalue weighted by Crippen LogP contribution is -2.48. The number of amides is 1. The number of anilines is 1. The van der Waals surface area contributed by atoms with Crippen LogP contribution in [0.4, 0.5) is 5.82 Å². The van der Waals surface area contributed by atoms with Crippen molar-refractivity contribution in [1.82, 2.24) is 19.5 Å². The largest absolute Gasteiger partial charge is 0.395 e. The molecule has 2 fully saturated rings. The van der Waals surface area contributed by atoms with Crippen molar-refractivity contribution in [3.63, 3.8) is 0 Å². The molecule has 1 aromatic heterocycles. The molecule has 28 heavy (non-hydrogen) atoms. The van der Waals surface area contributed by atoms with Gasteiger partial charge in [-0.2, -0.15) is 0 Å². The summed E-state index contributed by atoms with van der Waals surface area (Å²) in [6, 6.07) is 3.42. The molecule has 1 amide bonds. The van der Waals surface area contributed by atoms with Crippen LogP contribution in [-0.2, 0) is 10.0 Å². The number of hydrogen-bond acceptors (Lipinski definition) is 7. The van der Waals surface area contributed by atoms with E-state index in [9.17, 15) is 13.2 Å². The molecule has 2 aliphatic heterocycles. The Balaban J connectivity index is 1.57. The second kappa shape index (κ2) is 9.64. The molecule has 2 aliphatic rings. The lowest BCUT2D eigenvalue weighted by Gasteiger charge is -2.35. The molecule has 1 aromatic rings. The molecule has 2 saturated heterocycles. The van der Waals surface area contributed by atoms with Gasteiger partial charge in [0.05, 0.1) is 17.9 Å². The highest BCUT2D eigenvalue weighted by molar-refractivity contribution is 7.89. The summed E-state index contributed by atoms with van der Waals surface area (Å²) < 4.78 is 26.1. The van der Waals surface area contributed by atoms with E-state index in [0.717, 1.165) is 39.0 Å². The predicted octanol–water partition coefficient (Wildman–Crippen LogP) is -0.649. The minimum atomic E-state index is -3.31. The van der Waals surface area contributed by atoms with Crippen molar-refractivity contribution >= 4 is 21.7 Å². The lowest BCUT2D eigenvalue weighted by atomic mass is 10.2. The first-order valence-corrected chi connectivity index (χ1v) is 11.4. The Morgan fingerprint density at radius 2 is 1.86 bits per heavy atom. The smallest absolute Gasteiger partial charge is 0.255 e. The number of β-amino-alcohol motifs (C(OH)–C–C–N with tert-alkyl or cyclic N) is 1. The fraction of sp³-hybridized carbons (Fsp3) is 0.667. The van der Waals surface area contributed by atoms with Crippen molar-refractivity contribution in [1.29, 1.82) is 0 Å². The molecule has 3 rings (SSSR count). The molecule has 0 atom stereocenters. The minimum absolute atomic E-state index is 0.0796. The van der Waals surface area contributed by atoms with E-state index in [1.165, 1.54) is 4.31 Å². The van der Waals surface area contributed by atoms with E-state index in [2.05, 4.69) is 20.1 Å². The van der Waals surface area contributed by atoms with Crippen LogP contribution in [0.5, 0.6) is 0 Å². The Kier molecular flexibility index (Phi) is 7.22. The first-order chi connectivity index (χ1) is 13.5. The van der Waals surface area contributed by atoms with Crippen molar-refractivity contribution in [3.8, 4) is 0 Å². The minimum Gasteiger partial charge on any atom is -0.395 e. The molecule has 0 aromatic carbocycles. The third-order valence-electron chi connectivity index (χ3n) is 5.22. The molecule has 0 bridgehead atoms. The number of aliphatic hydroxyl groups is 1. The SMILES string of the molecule is O=C(NCCS(=O)(=O)N1CCCC1)c1cccnc1N1CCN(CCO)CC1. The maximum atomic E-state index is 12.7. The zero-order valence-corrected chi connectivity index (χ0v) is 16.9. The second-order valence-electron chi connectivity index (χ2n) is 7.10. The summed E-state index contributed by atoms with van der Waals surface area (Å²) in [5.41, 5.74) is 0.455. The number of carbonyl (C=O) groups excluding carboxylic acids is 1. The van der Waals surface area contributed by atoms with Crippen LogP contribution in [0.3, 0.4) is 0 Å². The van der Waals surface area contributed by atoms with Crippen molar-refractivity contribution in [2.45, 2.75) is 12.8 Å². The van der Waals surface area contributed by atoms with Crippen LogP contribution in [0.1, 0.15) is 23.2 Å². The lowest BCUT2D eigenvalue weighted by molar-refractivity contribution is 0.0956. The van der Waals surface area contributed by atoms with Crippen molar-refractivity contribution < 1.29 is 18.3 Å². The number of piperazine rings is 1. The molecule has 0 radical (unpaired) electrons. The van der Waals surface area contributed by atoms with Crippen LogP contribution < -0.4 is 10.2 Å². The van der Waals surface area contributed by atoms with E-state index in [1.54, 1.807) is 18.3 Å². The third kappa shape index (κ3) is 5.19. The van der Waals surface area contributed by atoms with Crippen LogP contribution >= 0.6 is 0 Å². The van der Waals surface area contributed by atoms with Gasteiger partial charge in [-0.05, 0) is 25.0 Å². The van der Waals surface area contributed by atoms with Crippen LogP contribution in [0, 0.1) is 0 Å². The molecule has 156 valence electrons. The topological polar surface area (TPSA) is 106 Å². The Morgan fingerprint density at radius 1 is 1.14 bits per heavy atom. The number of sulfonamides is 1. The van der Waals surface area contributed by atoms with Gasteiger partial charge in [-0.3, -0.25) is 9.69 Å². The molecule has 0 aliphatic carbocycles. The van der Waals surface area contributed by atoms with E-state index in [4.69, 9.17) is 5.11 Å². The van der Waals surface area contributed by atoms with Gasteiger partial charge in [-0.1, -0.05) is 0 Å². The number of aliphatic hydroxyl groups excluding tert-OH is 1. The summed E-state index contributed by atoms with van der Waals surface area (Å²) in [4.78, 5) is 21.3. The predicted molar refractivity (Wildman–Crippen MR) is 107 cm³/mol. The monoisotopic (exact) mass is 411 g/mol. The third-order valence-corrected chi connectivity index (χ3v) is 7.10. The Labute approximate surface area is 166 Å². The molecule has 10 heteroatoms. The number of hydrogen-bond donors (Lipinski definition) is 2. The summed E-state index contributed by atoms with van der Waals surface area (Å²) in [5.74, 6) is 0.220. The maximum Gasteiger partial charge on any atom is 0.255 e. The van der Waals surface area contributed by atoms with E-state index in [0.29, 0.717) is 31.0 Å². The van der Waals surface area contributed by atoms with Crippen LogP contribution in [0.25, 0.3) is 0 Å². The Morgan fingerprint density at radius 3 is 2.54 bits per heavy atom. The highest BCUT2D eigenvalue weighted by Crippen LogP contribution is 2.19. The van der Waals surface area contributed by atoms with Crippen LogP contribution in [0.15, 0.2) is 18.3 Å². The van der Waals surface area contributed by atoms with Crippen LogP contribution in [0.2, 0.25) is 0 Å². The Bertz CT molecular complexity index is 759. The summed E-state index contributed by atoms with van der Waals surface area (Å²) in [6.45, 7) is 5.05. The average molecular weight is 412 g/mol. The van der Waals surface area contributed by atoms with Crippen molar-refractivity contribution in [2.75, 3.05) is 69.6 Å². The van der Waals surface area contributed by atoms with Gasteiger partial charge in [0.15, 0.2) is 0 Å². The molecule has 3 heterocycles. The van der Waals surface area contributed by atoms with Gasteiger partial charge < -0.3 is 15.3 Å². The molecule has 2 N–H and O–H groups in total. The highest BCUT2D eigenvalue weighted by Gasteiger charge is 2.26. The zero-order valence-electron chi connectivity index (χ0n) is 16.1. The summed E-state index contributed by atoms with van der Waals surface area (Å²) in [6.07, 6.45) is 3.45. The molecule has 0 saturated carbocycles. The number of nitrogens with one attached hydrogen (secondary N) is 1. The molecular weight excluding hydrogens is 382 g/mol. The summed E-state index contributed by atoms with van der Waals surface area (Å²) >= 11 is 0. The maximum absolute atomic E-state index is 12.7. The molecular formula is C18H29N5O4S. The zero-order chi connectivity index (χ0) is 20.0. The number of aromatic nitrogens is 1. The van der Waals surface area contributed by atoms with Gasteiger partial charge >= 0.3 is 0 Å². The summed E-state index contributed by atoms with van der Waals surface area (Å²) in [7, 11) is -3.31. The first-order valence-electron chi connectivity index (χ1n) is 9.80. The average Bonchev–Trinajstić information content (AvgIpc) is 3.25. The van der Waals surface area contributed by atoms with Gasteiger partial charge in [0.2, 0.25) is 10.0 Å². The first kappa shape index (κ1) is 21.0. The van der Waals surface area contributed by atoms with Gasteiger partial charge in [0, 0.05) is 58.6 Å². The standard InChI is InChI=1S/C18H29N5O4S/c24-14-13-21-9-11-22(12-10-21)17-16(4-3-5-19-17)18(25)20-6-15-28(26,27)23-7-1-2-8-23/h3-5,24H,1-2,6-15H2,(H,20,25). The van der Waals surface area contributed by atoms with Crippen molar-refractivity contribution in [2.24, 2.45) is 0 Å². The molecule has 0 spiro atoms. The van der Waals surface area contributed by atoms with E-state index in [1.807, 2.05) is 0 Å². The molecule has 0 unspecified atom stereocenters. The highest BCUT2D eigenvalue weighted by atomic mass is 32.2. The number of nitrogens with zero attached hydrogens (tertiary/aromatic N) is 4. The molecule has 9 nitrogen and oxygen atoms in total. The fourth-order valence-corrected chi connectivity index (χ4v) is 5.07. The van der Waals surface area contributed by atoms with E-state index < -0.39 is 10.0 Å². The Hall–Kier alpha value is -1.75. The summed E-state index contributed by atoms with van der Waals surface area (Å²) in [5, 5.41) is 11.8. The van der Waals surface area contributed by atoms with Gasteiger partial charge in [-0.25, -0.2) is 17.7 Å². The van der Waals surface area contributed by atoms with Gasteiger partial charge in [-0.15, -0.1) is 0 Å². The van der Waals surface area contributed by atoms with Crippen molar-refractivity contribution in [3.05, 3.63) is 23.9 Å². The number of pyridine rings is 1. The van der Waals surface area contributed by atoms with Gasteiger partial charge in [0.25, 0.3) is 5.91 Å². The fourth-order valence-electron chi connectivity index (χ4n) is 3.64. The quantitative estimate of drug-likeness (QED) is 0.586. The van der Waals surface area contributed by atoms with E-state index >= 15 is 0 Å². The van der Waals surface area contributed by atoms with Gasteiger partial charge in [0.1, 0.15) is 5.82 Å². The number of carbonyl (C=O) groups is 1. The van der Waals surface area contributed by atoms with E-state index in [-0.39, 0.29) is 24.8 Å². The second-order valence-corrected chi connectivity index (χ2v) is 9.19. The normalized spacial score (nSPS) is 19.1. The number of rotatable bonds is 8.